The van der Waals surface area contributed by atoms with Crippen LogP contribution in [0.5, 0.6) is 0 Å². The molecule has 0 saturated carbocycles. The number of sulfonamides is 1. The molecule has 0 spiro atoms. The quantitative estimate of drug-likeness (QED) is 0.767. The zero-order valence-electron chi connectivity index (χ0n) is 14.7. The van der Waals surface area contributed by atoms with Gasteiger partial charge in [-0.1, -0.05) is 30.3 Å². The molecule has 3 rings (SSSR count). The van der Waals surface area contributed by atoms with Gasteiger partial charge < -0.3 is 0 Å². The van der Waals surface area contributed by atoms with Gasteiger partial charge in [-0.05, 0) is 42.7 Å². The molecule has 2 aromatic rings. The van der Waals surface area contributed by atoms with Crippen molar-refractivity contribution < 1.29 is 22.4 Å². The van der Waals surface area contributed by atoms with Crippen LogP contribution in [0, 0.1) is 11.7 Å². The molecule has 1 N–H and O–H groups in total. The maximum atomic E-state index is 13.1. The first-order valence-electron chi connectivity index (χ1n) is 8.68. The lowest BCUT2D eigenvalue weighted by Crippen LogP contribution is -2.45. The number of amides is 1. The molecular weight excluding hydrogens is 371 g/mol. The highest BCUT2D eigenvalue weighted by atomic mass is 32.2. The molecule has 0 aromatic heterocycles. The Morgan fingerprint density at radius 2 is 1.85 bits per heavy atom. The van der Waals surface area contributed by atoms with Crippen LogP contribution in [0.2, 0.25) is 0 Å². The monoisotopic (exact) mass is 392 g/mol. The predicted molar refractivity (Wildman–Crippen MR) is 97.3 cm³/mol. The van der Waals surface area contributed by atoms with E-state index in [0.29, 0.717) is 19.4 Å². The number of rotatable bonds is 6. The third-order valence-electron chi connectivity index (χ3n) is 4.46. The maximum absolute atomic E-state index is 13.1. The van der Waals surface area contributed by atoms with Crippen molar-refractivity contribution in [2.45, 2.75) is 24.3 Å². The molecule has 0 radical (unpaired) electrons. The lowest BCUT2D eigenvalue weighted by molar-refractivity contribution is -0.140. The number of carbonyl (C=O) groups is 1. The number of hydroxylamine groups is 1. The van der Waals surface area contributed by atoms with E-state index in [-0.39, 0.29) is 24.0 Å². The van der Waals surface area contributed by atoms with Gasteiger partial charge in [0.25, 0.3) is 0 Å². The van der Waals surface area contributed by atoms with E-state index in [4.69, 9.17) is 4.84 Å². The topological polar surface area (TPSA) is 75.7 Å². The molecular formula is C19H21FN2O4S. The summed E-state index contributed by atoms with van der Waals surface area (Å²) < 4.78 is 39.7. The molecule has 1 aliphatic heterocycles. The van der Waals surface area contributed by atoms with Gasteiger partial charge in [0.1, 0.15) is 5.82 Å². The van der Waals surface area contributed by atoms with Crippen molar-refractivity contribution in [1.82, 2.24) is 9.79 Å². The highest BCUT2D eigenvalue weighted by molar-refractivity contribution is 7.89. The minimum Gasteiger partial charge on any atom is -0.272 e. The van der Waals surface area contributed by atoms with Gasteiger partial charge in [-0.25, -0.2) is 18.3 Å². The van der Waals surface area contributed by atoms with E-state index < -0.39 is 21.8 Å². The number of nitrogens with one attached hydrogen (secondary N) is 1. The first kappa shape index (κ1) is 19.5. The van der Waals surface area contributed by atoms with E-state index in [1.165, 1.54) is 16.4 Å². The van der Waals surface area contributed by atoms with E-state index in [0.717, 1.165) is 17.7 Å². The second-order valence-electron chi connectivity index (χ2n) is 6.40. The van der Waals surface area contributed by atoms with Crippen molar-refractivity contribution >= 4 is 15.9 Å². The number of carbonyl (C=O) groups excluding carboxylic acids is 1. The zero-order valence-corrected chi connectivity index (χ0v) is 15.5. The minimum absolute atomic E-state index is 0.0188. The molecule has 2 aromatic carbocycles. The third kappa shape index (κ3) is 4.91. The second kappa shape index (κ2) is 8.60. The minimum atomic E-state index is -3.76. The molecule has 1 amide bonds. The second-order valence-corrected chi connectivity index (χ2v) is 8.33. The van der Waals surface area contributed by atoms with Crippen molar-refractivity contribution in [2.24, 2.45) is 5.92 Å². The molecule has 1 fully saturated rings. The molecule has 1 saturated heterocycles. The Kier molecular flexibility index (Phi) is 6.20. The van der Waals surface area contributed by atoms with E-state index >= 15 is 0 Å². The largest absolute Gasteiger partial charge is 0.272 e. The van der Waals surface area contributed by atoms with Crippen molar-refractivity contribution in [1.29, 1.82) is 0 Å². The Bertz CT molecular complexity index is 872. The Morgan fingerprint density at radius 3 is 2.56 bits per heavy atom. The van der Waals surface area contributed by atoms with Crippen LogP contribution in [0.1, 0.15) is 18.4 Å². The molecule has 1 heterocycles. The first-order valence-corrected chi connectivity index (χ1v) is 10.1. The van der Waals surface area contributed by atoms with E-state index in [1.54, 1.807) is 0 Å². The highest BCUT2D eigenvalue weighted by Crippen LogP contribution is 2.24. The van der Waals surface area contributed by atoms with E-state index in [2.05, 4.69) is 5.48 Å². The fraction of sp³-hybridized carbons (Fsp3) is 0.316. The smallest absolute Gasteiger partial charge is 0.247 e. The molecule has 1 aliphatic rings. The number of piperidine rings is 1. The van der Waals surface area contributed by atoms with Crippen molar-refractivity contribution in [3.8, 4) is 0 Å². The molecule has 144 valence electrons. The predicted octanol–water partition coefficient (Wildman–Crippen LogP) is 2.47. The summed E-state index contributed by atoms with van der Waals surface area (Å²) in [5, 5.41) is 0. The van der Waals surface area contributed by atoms with Crippen LogP contribution in [-0.4, -0.2) is 31.7 Å². The summed E-state index contributed by atoms with van der Waals surface area (Å²) in [6.07, 6.45) is 1.15. The third-order valence-corrected chi connectivity index (χ3v) is 6.34. The van der Waals surface area contributed by atoms with E-state index in [9.17, 15) is 17.6 Å². The summed E-state index contributed by atoms with van der Waals surface area (Å²) in [4.78, 5) is 17.6. The normalized spacial score (nSPS) is 18.2. The van der Waals surface area contributed by atoms with Crippen LogP contribution in [0.4, 0.5) is 4.39 Å². The summed E-state index contributed by atoms with van der Waals surface area (Å²) in [6, 6.07) is 14.1. The molecule has 0 aliphatic carbocycles. The highest BCUT2D eigenvalue weighted by Gasteiger charge is 2.33. The lowest BCUT2D eigenvalue weighted by atomic mass is 9.99. The standard InChI is InChI=1S/C19H21FN2O4S/c20-17-8-10-18(11-9-17)27(24,25)22-12-4-7-16(13-22)19(23)21-26-14-15-5-2-1-3-6-15/h1-3,5-6,8-11,16H,4,7,12-14H2,(H,21,23)/t16-/m1/s1. The van der Waals surface area contributed by atoms with Crippen molar-refractivity contribution in [3.63, 3.8) is 0 Å². The lowest BCUT2D eigenvalue weighted by Gasteiger charge is -2.31. The first-order chi connectivity index (χ1) is 13.0. The zero-order chi connectivity index (χ0) is 19.3. The van der Waals surface area contributed by atoms with Gasteiger partial charge in [-0.2, -0.15) is 4.31 Å². The van der Waals surface area contributed by atoms with Crippen molar-refractivity contribution in [2.75, 3.05) is 13.1 Å². The Morgan fingerprint density at radius 1 is 1.15 bits per heavy atom. The maximum Gasteiger partial charge on any atom is 0.247 e. The fourth-order valence-electron chi connectivity index (χ4n) is 2.98. The molecule has 1 atom stereocenters. The van der Waals surface area contributed by atoms with Gasteiger partial charge in [-0.3, -0.25) is 9.63 Å². The number of benzene rings is 2. The van der Waals surface area contributed by atoms with E-state index in [1.807, 2.05) is 30.3 Å². The molecule has 0 unspecified atom stereocenters. The van der Waals surface area contributed by atoms with Crippen LogP contribution in [-0.2, 0) is 26.3 Å². The van der Waals surface area contributed by atoms with Gasteiger partial charge in [0, 0.05) is 13.1 Å². The molecule has 27 heavy (non-hydrogen) atoms. The van der Waals surface area contributed by atoms with Crippen molar-refractivity contribution in [3.05, 3.63) is 66.0 Å². The summed E-state index contributed by atoms with van der Waals surface area (Å²) in [6.45, 7) is 0.630. The van der Waals surface area contributed by atoms with Crippen LogP contribution in [0.25, 0.3) is 0 Å². The van der Waals surface area contributed by atoms with Gasteiger partial charge >= 0.3 is 0 Å². The van der Waals surface area contributed by atoms with Gasteiger partial charge in [0.15, 0.2) is 0 Å². The van der Waals surface area contributed by atoms with Crippen LogP contribution in [0.3, 0.4) is 0 Å². The van der Waals surface area contributed by atoms with Crippen LogP contribution < -0.4 is 5.48 Å². The summed E-state index contributed by atoms with van der Waals surface area (Å²) >= 11 is 0. The number of hydrogen-bond acceptors (Lipinski definition) is 4. The number of hydrogen-bond donors (Lipinski definition) is 1. The molecule has 6 nitrogen and oxygen atoms in total. The fourth-order valence-corrected chi connectivity index (χ4v) is 4.50. The van der Waals surface area contributed by atoms with Gasteiger partial charge in [-0.15, -0.1) is 0 Å². The molecule has 8 heteroatoms. The van der Waals surface area contributed by atoms with Crippen LogP contribution in [0.15, 0.2) is 59.5 Å². The van der Waals surface area contributed by atoms with Gasteiger partial charge in [0.05, 0.1) is 17.4 Å². The SMILES string of the molecule is O=C(NOCc1ccccc1)[C@@H]1CCCN(S(=O)(=O)c2ccc(F)cc2)C1. The Balaban J connectivity index is 1.58. The average molecular weight is 392 g/mol. The number of halogens is 1. The van der Waals surface area contributed by atoms with Gasteiger partial charge in [0.2, 0.25) is 15.9 Å². The Labute approximate surface area is 158 Å². The summed E-state index contributed by atoms with van der Waals surface area (Å²) in [7, 11) is -3.76. The van der Waals surface area contributed by atoms with Crippen LogP contribution >= 0.6 is 0 Å². The number of nitrogens with zero attached hydrogens (tertiary/aromatic N) is 1. The summed E-state index contributed by atoms with van der Waals surface area (Å²) in [5.74, 6) is -1.34. The summed E-state index contributed by atoms with van der Waals surface area (Å²) in [5.41, 5.74) is 3.33. The molecule has 0 bridgehead atoms. The Hall–Kier alpha value is -2.29. The average Bonchev–Trinajstić information content (AvgIpc) is 2.69.